The van der Waals surface area contributed by atoms with Gasteiger partial charge in [0.1, 0.15) is 11.2 Å². The first-order chi connectivity index (χ1) is 7.04. The van der Waals surface area contributed by atoms with E-state index in [0.717, 1.165) is 0 Å². The Bertz CT molecular complexity index is 377. The SMILES string of the molecule is Cn1ncc(Br)c1C(=O)C1(N)CCOC1. The lowest BCUT2D eigenvalue weighted by atomic mass is 9.92. The Hall–Kier alpha value is -0.720. The maximum absolute atomic E-state index is 12.2. The summed E-state index contributed by atoms with van der Waals surface area (Å²) in [6.07, 6.45) is 2.15. The van der Waals surface area contributed by atoms with Crippen molar-refractivity contribution in [1.82, 2.24) is 9.78 Å². The number of aromatic nitrogens is 2. The molecule has 1 aromatic heterocycles. The second-order valence-electron chi connectivity index (χ2n) is 3.75. The molecule has 2 rings (SSSR count). The summed E-state index contributed by atoms with van der Waals surface area (Å²) in [5.74, 6) is -0.119. The first kappa shape index (κ1) is 10.8. The minimum atomic E-state index is -0.893. The fraction of sp³-hybridized carbons (Fsp3) is 0.556. The van der Waals surface area contributed by atoms with Crippen LogP contribution in [0.15, 0.2) is 10.7 Å². The molecule has 1 aromatic rings. The van der Waals surface area contributed by atoms with Crippen molar-refractivity contribution < 1.29 is 9.53 Å². The summed E-state index contributed by atoms with van der Waals surface area (Å²) < 4.78 is 7.37. The molecular weight excluding hydrogens is 262 g/mol. The topological polar surface area (TPSA) is 70.1 Å². The van der Waals surface area contributed by atoms with E-state index in [-0.39, 0.29) is 12.4 Å². The molecule has 1 atom stereocenters. The smallest absolute Gasteiger partial charge is 0.204 e. The molecular formula is C9H12BrN3O2. The van der Waals surface area contributed by atoms with Crippen LogP contribution < -0.4 is 5.73 Å². The number of carbonyl (C=O) groups excluding carboxylic acids is 1. The molecule has 5 nitrogen and oxygen atoms in total. The van der Waals surface area contributed by atoms with Gasteiger partial charge in [-0.05, 0) is 22.4 Å². The Morgan fingerprint density at radius 3 is 3.00 bits per heavy atom. The summed E-state index contributed by atoms with van der Waals surface area (Å²) in [6, 6.07) is 0. The standard InChI is InChI=1S/C9H12BrN3O2/c1-13-7(6(10)4-12-13)8(14)9(11)2-3-15-5-9/h4H,2-3,5,11H2,1H3. The van der Waals surface area contributed by atoms with Crippen LogP contribution in [0.4, 0.5) is 0 Å². The number of rotatable bonds is 2. The summed E-state index contributed by atoms with van der Waals surface area (Å²) >= 11 is 3.29. The molecule has 0 amide bonds. The Morgan fingerprint density at radius 1 is 1.80 bits per heavy atom. The highest BCUT2D eigenvalue weighted by Crippen LogP contribution is 2.25. The van der Waals surface area contributed by atoms with Crippen molar-refractivity contribution in [1.29, 1.82) is 0 Å². The monoisotopic (exact) mass is 273 g/mol. The highest BCUT2D eigenvalue weighted by Gasteiger charge is 2.40. The number of Topliss-reactive ketones (excluding diaryl/α,β-unsaturated/α-hetero) is 1. The average molecular weight is 274 g/mol. The maximum atomic E-state index is 12.2. The number of hydrogen-bond acceptors (Lipinski definition) is 4. The van der Waals surface area contributed by atoms with E-state index < -0.39 is 5.54 Å². The number of aryl methyl sites for hydroxylation is 1. The van der Waals surface area contributed by atoms with Gasteiger partial charge in [-0.1, -0.05) is 0 Å². The van der Waals surface area contributed by atoms with Crippen LogP contribution in [0.1, 0.15) is 16.9 Å². The minimum absolute atomic E-state index is 0.119. The van der Waals surface area contributed by atoms with Gasteiger partial charge in [0.25, 0.3) is 0 Å². The van der Waals surface area contributed by atoms with Crippen LogP contribution >= 0.6 is 15.9 Å². The Balaban J connectivity index is 2.35. The molecule has 1 unspecified atom stereocenters. The van der Waals surface area contributed by atoms with E-state index >= 15 is 0 Å². The lowest BCUT2D eigenvalue weighted by Crippen LogP contribution is -2.49. The van der Waals surface area contributed by atoms with E-state index in [9.17, 15) is 4.79 Å². The highest BCUT2D eigenvalue weighted by molar-refractivity contribution is 9.10. The zero-order chi connectivity index (χ0) is 11.1. The van der Waals surface area contributed by atoms with Crippen LogP contribution in [-0.2, 0) is 11.8 Å². The molecule has 1 fully saturated rings. The van der Waals surface area contributed by atoms with E-state index in [0.29, 0.717) is 23.2 Å². The largest absolute Gasteiger partial charge is 0.379 e. The third kappa shape index (κ3) is 1.73. The number of ketones is 1. The van der Waals surface area contributed by atoms with Crippen molar-refractivity contribution >= 4 is 21.7 Å². The van der Waals surface area contributed by atoms with Gasteiger partial charge in [-0.3, -0.25) is 9.48 Å². The molecule has 82 valence electrons. The molecule has 0 spiro atoms. The summed E-state index contributed by atoms with van der Waals surface area (Å²) in [6.45, 7) is 0.821. The number of hydrogen-bond donors (Lipinski definition) is 1. The van der Waals surface area contributed by atoms with Crippen LogP contribution in [0, 0.1) is 0 Å². The maximum Gasteiger partial charge on any atom is 0.204 e. The van der Waals surface area contributed by atoms with E-state index in [1.807, 2.05) is 0 Å². The van der Waals surface area contributed by atoms with Crippen LogP contribution in [0.2, 0.25) is 0 Å². The van der Waals surface area contributed by atoms with Crippen LogP contribution in [0.25, 0.3) is 0 Å². The van der Waals surface area contributed by atoms with Crippen LogP contribution in [-0.4, -0.2) is 34.3 Å². The summed E-state index contributed by atoms with van der Waals surface area (Å²) in [5.41, 5.74) is 5.61. The quantitative estimate of drug-likeness (QED) is 0.796. The third-order valence-corrected chi connectivity index (χ3v) is 3.19. The van der Waals surface area contributed by atoms with Crippen molar-refractivity contribution in [2.75, 3.05) is 13.2 Å². The van der Waals surface area contributed by atoms with Crippen molar-refractivity contribution in [3.8, 4) is 0 Å². The van der Waals surface area contributed by atoms with Crippen molar-refractivity contribution in [3.05, 3.63) is 16.4 Å². The first-order valence-corrected chi connectivity index (χ1v) is 5.43. The molecule has 2 N–H and O–H groups in total. The lowest BCUT2D eigenvalue weighted by Gasteiger charge is -2.19. The molecule has 2 heterocycles. The number of nitrogens with two attached hydrogens (primary N) is 1. The first-order valence-electron chi connectivity index (χ1n) is 4.63. The molecule has 6 heteroatoms. The predicted octanol–water partition coefficient (Wildman–Crippen LogP) is 0.483. The Labute approximate surface area is 95.7 Å². The molecule has 0 bridgehead atoms. The molecule has 1 aliphatic rings. The van der Waals surface area contributed by atoms with Crippen LogP contribution in [0.5, 0.6) is 0 Å². The van der Waals surface area contributed by atoms with E-state index in [1.165, 1.54) is 4.68 Å². The lowest BCUT2D eigenvalue weighted by molar-refractivity contribution is 0.0852. The summed E-state index contributed by atoms with van der Waals surface area (Å²) in [4.78, 5) is 12.2. The number of ether oxygens (including phenoxy) is 1. The number of carbonyl (C=O) groups is 1. The molecule has 0 saturated carbocycles. The van der Waals surface area contributed by atoms with Crippen molar-refractivity contribution in [2.45, 2.75) is 12.0 Å². The number of nitrogens with zero attached hydrogens (tertiary/aromatic N) is 2. The number of halogens is 1. The fourth-order valence-corrected chi connectivity index (χ4v) is 2.19. The molecule has 0 aromatic carbocycles. The second kappa shape index (κ2) is 3.70. The third-order valence-electron chi connectivity index (χ3n) is 2.61. The summed E-state index contributed by atoms with van der Waals surface area (Å²) in [5, 5.41) is 3.99. The highest BCUT2D eigenvalue weighted by atomic mass is 79.9. The van der Waals surface area contributed by atoms with Gasteiger partial charge in [-0.2, -0.15) is 5.10 Å². The van der Waals surface area contributed by atoms with Crippen LogP contribution in [0.3, 0.4) is 0 Å². The molecule has 1 aliphatic heterocycles. The Kier molecular flexibility index (Phi) is 2.66. The Morgan fingerprint density at radius 2 is 2.53 bits per heavy atom. The van der Waals surface area contributed by atoms with Crippen molar-refractivity contribution in [2.24, 2.45) is 12.8 Å². The van der Waals surface area contributed by atoms with E-state index in [1.54, 1.807) is 13.2 Å². The van der Waals surface area contributed by atoms with Gasteiger partial charge in [0.05, 0.1) is 17.3 Å². The normalized spacial score (nSPS) is 25.8. The van der Waals surface area contributed by atoms with Gasteiger partial charge in [0.2, 0.25) is 5.78 Å². The molecule has 0 aliphatic carbocycles. The fourth-order valence-electron chi connectivity index (χ4n) is 1.66. The zero-order valence-corrected chi connectivity index (χ0v) is 9.95. The molecule has 15 heavy (non-hydrogen) atoms. The van der Waals surface area contributed by atoms with Gasteiger partial charge in [-0.25, -0.2) is 0 Å². The van der Waals surface area contributed by atoms with Gasteiger partial charge in [0.15, 0.2) is 0 Å². The van der Waals surface area contributed by atoms with E-state index in [4.69, 9.17) is 10.5 Å². The van der Waals surface area contributed by atoms with Gasteiger partial charge >= 0.3 is 0 Å². The zero-order valence-electron chi connectivity index (χ0n) is 8.36. The van der Waals surface area contributed by atoms with Crippen molar-refractivity contribution in [3.63, 3.8) is 0 Å². The average Bonchev–Trinajstić information content (AvgIpc) is 2.75. The van der Waals surface area contributed by atoms with Gasteiger partial charge in [-0.15, -0.1) is 0 Å². The summed E-state index contributed by atoms with van der Waals surface area (Å²) in [7, 11) is 1.72. The molecule has 0 radical (unpaired) electrons. The van der Waals surface area contributed by atoms with E-state index in [2.05, 4.69) is 21.0 Å². The second-order valence-corrected chi connectivity index (χ2v) is 4.61. The van der Waals surface area contributed by atoms with Gasteiger partial charge in [0, 0.05) is 13.7 Å². The molecule has 1 saturated heterocycles. The predicted molar refractivity (Wildman–Crippen MR) is 57.6 cm³/mol. The van der Waals surface area contributed by atoms with Gasteiger partial charge < -0.3 is 10.5 Å². The minimum Gasteiger partial charge on any atom is -0.379 e.